The normalized spacial score (nSPS) is 19.6. The van der Waals surface area contributed by atoms with Crippen LogP contribution in [0.3, 0.4) is 0 Å². The Hall–Kier alpha value is -1.57. The fourth-order valence-corrected chi connectivity index (χ4v) is 2.99. The zero-order valence-corrected chi connectivity index (χ0v) is 10.3. The number of hydrogen-bond donors (Lipinski definition) is 0. The summed E-state index contributed by atoms with van der Waals surface area (Å²) in [7, 11) is 0. The molecule has 0 atom stereocenters. The second-order valence-electron chi connectivity index (χ2n) is 5.71. The lowest BCUT2D eigenvalue weighted by atomic mass is 9.91. The van der Waals surface area contributed by atoms with E-state index in [-0.39, 0.29) is 11.7 Å². The molecule has 1 aromatic carbocycles. The lowest BCUT2D eigenvalue weighted by Crippen LogP contribution is -2.18. The molecular formula is C16H16O2. The van der Waals surface area contributed by atoms with Gasteiger partial charge in [-0.3, -0.25) is 4.79 Å². The molecule has 2 aromatic rings. The Morgan fingerprint density at radius 3 is 2.39 bits per heavy atom. The predicted octanol–water partition coefficient (Wildman–Crippen LogP) is 4.05. The summed E-state index contributed by atoms with van der Waals surface area (Å²) < 4.78 is 5.72. The summed E-state index contributed by atoms with van der Waals surface area (Å²) in [4.78, 5) is 12.6. The molecule has 1 aromatic heterocycles. The van der Waals surface area contributed by atoms with E-state index in [1.165, 1.54) is 25.7 Å². The van der Waals surface area contributed by atoms with E-state index in [0.717, 1.165) is 11.0 Å². The summed E-state index contributed by atoms with van der Waals surface area (Å²) in [6.07, 6.45) is 4.92. The highest BCUT2D eigenvalue weighted by atomic mass is 16.3. The second-order valence-corrected chi connectivity index (χ2v) is 5.71. The number of hydrogen-bond acceptors (Lipinski definition) is 2. The molecule has 0 N–H and O–H groups in total. The predicted molar refractivity (Wildman–Crippen MR) is 69.5 cm³/mol. The van der Waals surface area contributed by atoms with Gasteiger partial charge in [0, 0.05) is 11.3 Å². The number of furan rings is 1. The minimum Gasteiger partial charge on any atom is -0.453 e. The average Bonchev–Trinajstić information content (AvgIpc) is 3.30. The van der Waals surface area contributed by atoms with Crippen molar-refractivity contribution >= 4 is 16.8 Å². The molecule has 2 fully saturated rings. The van der Waals surface area contributed by atoms with Crippen molar-refractivity contribution < 1.29 is 9.21 Å². The molecule has 0 amide bonds. The lowest BCUT2D eigenvalue weighted by Gasteiger charge is -2.11. The van der Waals surface area contributed by atoms with Gasteiger partial charge in [0.05, 0.1) is 0 Å². The van der Waals surface area contributed by atoms with Gasteiger partial charge in [-0.15, -0.1) is 0 Å². The molecule has 0 bridgehead atoms. The van der Waals surface area contributed by atoms with E-state index < -0.39 is 0 Å². The van der Waals surface area contributed by atoms with Crippen LogP contribution in [0.15, 0.2) is 34.7 Å². The molecule has 2 nitrogen and oxygen atoms in total. The van der Waals surface area contributed by atoms with Gasteiger partial charge in [0.25, 0.3) is 0 Å². The van der Waals surface area contributed by atoms with Gasteiger partial charge in [0.15, 0.2) is 5.76 Å². The van der Waals surface area contributed by atoms with Crippen molar-refractivity contribution in [2.45, 2.75) is 25.7 Å². The average molecular weight is 240 g/mol. The van der Waals surface area contributed by atoms with E-state index in [2.05, 4.69) is 0 Å². The van der Waals surface area contributed by atoms with Crippen molar-refractivity contribution in [1.82, 2.24) is 0 Å². The first-order chi connectivity index (χ1) is 8.83. The zero-order valence-electron chi connectivity index (χ0n) is 10.3. The lowest BCUT2D eigenvalue weighted by molar-refractivity contribution is 0.0859. The third-order valence-electron chi connectivity index (χ3n) is 4.23. The highest BCUT2D eigenvalue weighted by Gasteiger charge is 2.46. The molecule has 92 valence electrons. The molecule has 2 heteroatoms. The Balaban J connectivity index is 1.70. The Kier molecular flexibility index (Phi) is 2.14. The van der Waals surface area contributed by atoms with Crippen molar-refractivity contribution in [2.24, 2.45) is 17.8 Å². The summed E-state index contributed by atoms with van der Waals surface area (Å²) in [6, 6.07) is 9.76. The third kappa shape index (κ3) is 1.67. The fraction of sp³-hybridized carbons (Fsp3) is 0.438. The van der Waals surface area contributed by atoms with Gasteiger partial charge in [-0.25, -0.2) is 0 Å². The maximum absolute atomic E-state index is 12.6. The maximum Gasteiger partial charge on any atom is 0.201 e. The molecule has 0 saturated heterocycles. The van der Waals surface area contributed by atoms with Crippen LogP contribution in [0.2, 0.25) is 0 Å². The number of carbonyl (C=O) groups is 1. The number of Topliss-reactive ketones (excluding diaryl/α,β-unsaturated/α-hetero) is 1. The van der Waals surface area contributed by atoms with E-state index in [4.69, 9.17) is 4.42 Å². The van der Waals surface area contributed by atoms with Gasteiger partial charge in [0.1, 0.15) is 5.58 Å². The quantitative estimate of drug-likeness (QED) is 0.754. The number of rotatable bonds is 4. The molecule has 0 unspecified atom stereocenters. The van der Waals surface area contributed by atoms with Crippen LogP contribution in [0.5, 0.6) is 0 Å². The van der Waals surface area contributed by atoms with E-state index >= 15 is 0 Å². The van der Waals surface area contributed by atoms with Crippen LogP contribution in [0.1, 0.15) is 36.2 Å². The van der Waals surface area contributed by atoms with Gasteiger partial charge in [-0.1, -0.05) is 18.2 Å². The van der Waals surface area contributed by atoms with Crippen LogP contribution in [0.4, 0.5) is 0 Å². The number of ketones is 1. The molecule has 0 radical (unpaired) electrons. The van der Waals surface area contributed by atoms with Gasteiger partial charge in [-0.2, -0.15) is 0 Å². The van der Waals surface area contributed by atoms with Gasteiger partial charge in [0.2, 0.25) is 5.78 Å². The van der Waals surface area contributed by atoms with Crippen LogP contribution in [0, 0.1) is 17.8 Å². The summed E-state index contributed by atoms with van der Waals surface area (Å²) in [5, 5.41) is 1.03. The summed E-state index contributed by atoms with van der Waals surface area (Å²) in [6.45, 7) is 0. The maximum atomic E-state index is 12.6. The Morgan fingerprint density at radius 2 is 1.78 bits per heavy atom. The smallest absolute Gasteiger partial charge is 0.201 e. The van der Waals surface area contributed by atoms with Gasteiger partial charge in [-0.05, 0) is 49.7 Å². The SMILES string of the molecule is O=C(c1cc2ccccc2o1)C(C1CC1)C1CC1. The second kappa shape index (κ2) is 3.71. The van der Waals surface area contributed by atoms with Crippen LogP contribution in [-0.2, 0) is 0 Å². The van der Waals surface area contributed by atoms with E-state index in [9.17, 15) is 4.79 Å². The zero-order chi connectivity index (χ0) is 12.1. The largest absolute Gasteiger partial charge is 0.453 e. The van der Waals surface area contributed by atoms with Crippen LogP contribution in [-0.4, -0.2) is 5.78 Å². The molecule has 18 heavy (non-hydrogen) atoms. The highest BCUT2D eigenvalue weighted by molar-refractivity contribution is 5.99. The molecule has 2 aliphatic rings. The summed E-state index contributed by atoms with van der Waals surface area (Å²) in [5.41, 5.74) is 0.825. The van der Waals surface area contributed by atoms with Gasteiger partial charge < -0.3 is 4.42 Å². The number of carbonyl (C=O) groups excluding carboxylic acids is 1. The number of para-hydroxylation sites is 1. The number of benzene rings is 1. The number of fused-ring (bicyclic) bond motifs is 1. The van der Waals surface area contributed by atoms with E-state index in [1.807, 2.05) is 30.3 Å². The Bertz CT molecular complexity index is 557. The molecule has 1 heterocycles. The fourth-order valence-electron chi connectivity index (χ4n) is 2.99. The van der Waals surface area contributed by atoms with Crippen LogP contribution < -0.4 is 0 Å². The highest BCUT2D eigenvalue weighted by Crippen LogP contribution is 2.50. The van der Waals surface area contributed by atoms with Crippen molar-refractivity contribution in [3.05, 3.63) is 36.1 Å². The minimum absolute atomic E-state index is 0.241. The Labute approximate surface area is 106 Å². The van der Waals surface area contributed by atoms with Crippen molar-refractivity contribution in [3.8, 4) is 0 Å². The molecular weight excluding hydrogens is 224 g/mol. The van der Waals surface area contributed by atoms with Crippen LogP contribution >= 0.6 is 0 Å². The van der Waals surface area contributed by atoms with E-state index in [1.54, 1.807) is 0 Å². The Morgan fingerprint density at radius 1 is 1.11 bits per heavy atom. The summed E-state index contributed by atoms with van der Waals surface area (Å²) >= 11 is 0. The molecule has 2 aliphatic carbocycles. The molecule has 0 spiro atoms. The van der Waals surface area contributed by atoms with Gasteiger partial charge >= 0.3 is 0 Å². The third-order valence-corrected chi connectivity index (χ3v) is 4.23. The first-order valence-corrected chi connectivity index (χ1v) is 6.86. The monoisotopic (exact) mass is 240 g/mol. The van der Waals surface area contributed by atoms with E-state index in [0.29, 0.717) is 17.6 Å². The topological polar surface area (TPSA) is 30.2 Å². The van der Waals surface area contributed by atoms with Crippen molar-refractivity contribution in [3.63, 3.8) is 0 Å². The van der Waals surface area contributed by atoms with Crippen molar-refractivity contribution in [2.75, 3.05) is 0 Å². The molecule has 0 aliphatic heterocycles. The van der Waals surface area contributed by atoms with Crippen LogP contribution in [0.25, 0.3) is 11.0 Å². The standard InChI is InChI=1S/C16H16O2/c17-16(15(10-5-6-10)11-7-8-11)14-9-12-3-1-2-4-13(12)18-14/h1-4,9-11,15H,5-8H2. The summed E-state index contributed by atoms with van der Waals surface area (Å²) in [5.74, 6) is 2.33. The molecule has 2 saturated carbocycles. The first kappa shape index (κ1) is 10.4. The molecule has 4 rings (SSSR count). The minimum atomic E-state index is 0.241. The first-order valence-electron chi connectivity index (χ1n) is 6.86. The van der Waals surface area contributed by atoms with Crippen molar-refractivity contribution in [1.29, 1.82) is 0 Å².